The second kappa shape index (κ2) is 7.98. The van der Waals surface area contributed by atoms with Crippen LogP contribution in [0.2, 0.25) is 0 Å². The van der Waals surface area contributed by atoms with Crippen LogP contribution < -0.4 is 10.6 Å². The van der Waals surface area contributed by atoms with Crippen molar-refractivity contribution in [1.82, 2.24) is 29.8 Å². The fourth-order valence-electron chi connectivity index (χ4n) is 3.14. The molecule has 1 fully saturated rings. The van der Waals surface area contributed by atoms with Gasteiger partial charge in [-0.3, -0.25) is 9.78 Å². The molecule has 1 saturated heterocycles. The second-order valence-corrected chi connectivity index (χ2v) is 6.48. The highest BCUT2D eigenvalue weighted by molar-refractivity contribution is 5.83. The van der Waals surface area contributed by atoms with E-state index in [0.717, 1.165) is 37.0 Å². The van der Waals surface area contributed by atoms with Crippen molar-refractivity contribution in [2.75, 3.05) is 30.3 Å². The van der Waals surface area contributed by atoms with Gasteiger partial charge < -0.3 is 20.5 Å². The quantitative estimate of drug-likeness (QED) is 0.521. The number of aromatic nitrogens is 5. The van der Waals surface area contributed by atoms with E-state index in [-0.39, 0.29) is 5.91 Å². The molecule has 27 heavy (non-hydrogen) atoms. The number of carbonyl (C=O) groups excluding carboxylic acids is 1. The Morgan fingerprint density at radius 2 is 2.22 bits per heavy atom. The molecule has 140 valence electrons. The van der Waals surface area contributed by atoms with E-state index >= 15 is 0 Å². The van der Waals surface area contributed by atoms with E-state index in [1.165, 1.54) is 0 Å². The fraction of sp³-hybridized carbons (Fsp3) is 0.389. The van der Waals surface area contributed by atoms with Gasteiger partial charge in [-0.1, -0.05) is 6.07 Å². The number of likely N-dealkylation sites (tertiary alicyclic amines) is 1. The van der Waals surface area contributed by atoms with Crippen molar-refractivity contribution in [3.05, 3.63) is 36.4 Å². The van der Waals surface area contributed by atoms with Gasteiger partial charge in [0.15, 0.2) is 11.5 Å². The van der Waals surface area contributed by atoms with Crippen molar-refractivity contribution >= 4 is 28.8 Å². The lowest BCUT2D eigenvalue weighted by Crippen LogP contribution is -2.27. The molecule has 0 bridgehead atoms. The molecule has 0 aromatic carbocycles. The van der Waals surface area contributed by atoms with Crippen LogP contribution in [0.25, 0.3) is 11.2 Å². The Labute approximate surface area is 156 Å². The monoisotopic (exact) mass is 366 g/mol. The minimum Gasteiger partial charge on any atom is -0.364 e. The zero-order valence-corrected chi connectivity index (χ0v) is 15.0. The van der Waals surface area contributed by atoms with Gasteiger partial charge in [0.1, 0.15) is 5.52 Å². The Balaban J connectivity index is 1.38. The minimum atomic E-state index is 0.256. The predicted molar refractivity (Wildman–Crippen MR) is 102 cm³/mol. The molecule has 0 spiro atoms. The van der Waals surface area contributed by atoms with Crippen LogP contribution in [0.5, 0.6) is 0 Å². The third kappa shape index (κ3) is 4.13. The molecule has 9 nitrogen and oxygen atoms in total. The molecule has 3 aromatic heterocycles. The summed E-state index contributed by atoms with van der Waals surface area (Å²) in [4.78, 5) is 34.0. The number of pyridine rings is 1. The fourth-order valence-corrected chi connectivity index (χ4v) is 3.14. The standard InChI is InChI=1S/C18H22N8O/c27-14-5-2-8-26(14)9-3-7-20-18-24-16(15-17(25-18)23-12-22-15)21-11-13-4-1-6-19-10-13/h1,4,6,10,12H,2-3,5,7-9,11H2,(H3,20,21,22,23,24,25). The number of fused-ring (bicyclic) bond motifs is 1. The van der Waals surface area contributed by atoms with Gasteiger partial charge in [0.2, 0.25) is 11.9 Å². The number of H-pyrrole nitrogens is 1. The zero-order valence-electron chi connectivity index (χ0n) is 15.0. The third-order valence-corrected chi connectivity index (χ3v) is 4.53. The maximum absolute atomic E-state index is 11.6. The summed E-state index contributed by atoms with van der Waals surface area (Å²) in [5, 5.41) is 6.55. The molecule has 0 saturated carbocycles. The summed E-state index contributed by atoms with van der Waals surface area (Å²) in [6, 6.07) is 3.91. The van der Waals surface area contributed by atoms with Gasteiger partial charge in [-0.25, -0.2) is 4.98 Å². The first-order chi connectivity index (χ1) is 13.3. The lowest BCUT2D eigenvalue weighted by molar-refractivity contribution is -0.127. The molecular weight excluding hydrogens is 344 g/mol. The summed E-state index contributed by atoms with van der Waals surface area (Å²) in [6.45, 7) is 2.94. The third-order valence-electron chi connectivity index (χ3n) is 4.53. The topological polar surface area (TPSA) is 112 Å². The smallest absolute Gasteiger partial charge is 0.226 e. The van der Waals surface area contributed by atoms with Gasteiger partial charge in [-0.15, -0.1) is 0 Å². The first-order valence-corrected chi connectivity index (χ1v) is 9.15. The Morgan fingerprint density at radius 1 is 1.26 bits per heavy atom. The number of imidazole rings is 1. The summed E-state index contributed by atoms with van der Waals surface area (Å²) in [6.07, 6.45) is 7.68. The number of nitrogens with one attached hydrogen (secondary N) is 3. The molecule has 1 aliphatic heterocycles. The van der Waals surface area contributed by atoms with Crippen LogP contribution in [0.15, 0.2) is 30.9 Å². The lowest BCUT2D eigenvalue weighted by atomic mass is 10.3. The first-order valence-electron chi connectivity index (χ1n) is 9.15. The zero-order chi connectivity index (χ0) is 18.5. The highest BCUT2D eigenvalue weighted by Crippen LogP contribution is 2.19. The molecule has 0 aliphatic carbocycles. The SMILES string of the molecule is O=C1CCCN1CCCNc1nc(NCc2cccnc2)c2[nH]cnc2n1. The maximum atomic E-state index is 11.6. The van der Waals surface area contributed by atoms with E-state index < -0.39 is 0 Å². The van der Waals surface area contributed by atoms with E-state index in [2.05, 4.69) is 35.6 Å². The van der Waals surface area contributed by atoms with Crippen LogP contribution in [0.1, 0.15) is 24.8 Å². The molecule has 1 amide bonds. The summed E-state index contributed by atoms with van der Waals surface area (Å²) in [7, 11) is 0. The van der Waals surface area contributed by atoms with Gasteiger partial charge in [0.25, 0.3) is 0 Å². The summed E-state index contributed by atoms with van der Waals surface area (Å²) < 4.78 is 0. The van der Waals surface area contributed by atoms with E-state index in [0.29, 0.717) is 36.9 Å². The second-order valence-electron chi connectivity index (χ2n) is 6.48. The van der Waals surface area contributed by atoms with E-state index in [1.807, 2.05) is 23.2 Å². The van der Waals surface area contributed by atoms with Crippen molar-refractivity contribution in [2.45, 2.75) is 25.8 Å². The molecule has 0 unspecified atom stereocenters. The Hall–Kier alpha value is -3.23. The van der Waals surface area contributed by atoms with Gasteiger partial charge in [-0.05, 0) is 24.5 Å². The molecule has 9 heteroatoms. The number of amides is 1. The van der Waals surface area contributed by atoms with Gasteiger partial charge in [0, 0.05) is 45.0 Å². The van der Waals surface area contributed by atoms with Crippen LogP contribution >= 0.6 is 0 Å². The first kappa shape index (κ1) is 17.2. The molecule has 4 heterocycles. The largest absolute Gasteiger partial charge is 0.364 e. The highest BCUT2D eigenvalue weighted by atomic mass is 16.2. The summed E-state index contributed by atoms with van der Waals surface area (Å²) >= 11 is 0. The average molecular weight is 366 g/mol. The normalized spacial score (nSPS) is 14.1. The average Bonchev–Trinajstić information content (AvgIpc) is 3.33. The lowest BCUT2D eigenvalue weighted by Gasteiger charge is -2.15. The number of rotatable bonds is 8. The number of aromatic amines is 1. The molecule has 0 atom stereocenters. The molecule has 4 rings (SSSR count). The van der Waals surface area contributed by atoms with Crippen molar-refractivity contribution in [3.63, 3.8) is 0 Å². The molecule has 3 aromatic rings. The highest BCUT2D eigenvalue weighted by Gasteiger charge is 2.19. The molecular formula is C18H22N8O. The van der Waals surface area contributed by atoms with Crippen molar-refractivity contribution in [1.29, 1.82) is 0 Å². The van der Waals surface area contributed by atoms with E-state index in [1.54, 1.807) is 12.5 Å². The maximum Gasteiger partial charge on any atom is 0.226 e. The van der Waals surface area contributed by atoms with Crippen molar-refractivity contribution < 1.29 is 4.79 Å². The molecule has 0 radical (unpaired) electrons. The van der Waals surface area contributed by atoms with Gasteiger partial charge in [-0.2, -0.15) is 9.97 Å². The van der Waals surface area contributed by atoms with Crippen LogP contribution in [0.3, 0.4) is 0 Å². The molecule has 3 N–H and O–H groups in total. The van der Waals surface area contributed by atoms with E-state index in [4.69, 9.17) is 0 Å². The summed E-state index contributed by atoms with van der Waals surface area (Å²) in [5.74, 6) is 1.47. The number of hydrogen-bond donors (Lipinski definition) is 3. The van der Waals surface area contributed by atoms with Crippen molar-refractivity contribution in [3.8, 4) is 0 Å². The van der Waals surface area contributed by atoms with Crippen LogP contribution in [-0.2, 0) is 11.3 Å². The Morgan fingerprint density at radius 3 is 3.04 bits per heavy atom. The minimum absolute atomic E-state index is 0.256. The van der Waals surface area contributed by atoms with E-state index in [9.17, 15) is 4.79 Å². The van der Waals surface area contributed by atoms with Crippen molar-refractivity contribution in [2.24, 2.45) is 0 Å². The number of carbonyl (C=O) groups is 1. The summed E-state index contributed by atoms with van der Waals surface area (Å²) in [5.41, 5.74) is 2.44. The Kier molecular flexibility index (Phi) is 5.08. The van der Waals surface area contributed by atoms with Gasteiger partial charge in [0.05, 0.1) is 6.33 Å². The number of anilines is 2. The number of hydrogen-bond acceptors (Lipinski definition) is 7. The van der Waals surface area contributed by atoms with Crippen LogP contribution in [0, 0.1) is 0 Å². The number of nitrogens with zero attached hydrogens (tertiary/aromatic N) is 5. The Bertz CT molecular complexity index is 910. The predicted octanol–water partition coefficient (Wildman–Crippen LogP) is 1.78. The molecule has 1 aliphatic rings. The van der Waals surface area contributed by atoms with Gasteiger partial charge >= 0.3 is 0 Å². The van der Waals surface area contributed by atoms with Crippen LogP contribution in [0.4, 0.5) is 11.8 Å². The van der Waals surface area contributed by atoms with Crippen LogP contribution in [-0.4, -0.2) is 55.4 Å².